The highest BCUT2D eigenvalue weighted by Crippen LogP contribution is 2.36. The van der Waals surface area contributed by atoms with Crippen LogP contribution in [-0.2, 0) is 15.8 Å². The number of hydrogen-bond acceptors (Lipinski definition) is 3. The van der Waals surface area contributed by atoms with E-state index in [0.717, 1.165) is 31.7 Å². The number of carbonyl (C=O) groups is 2. The van der Waals surface area contributed by atoms with Crippen molar-refractivity contribution in [3.05, 3.63) is 23.8 Å². The maximum absolute atomic E-state index is 13.2. The van der Waals surface area contributed by atoms with Crippen LogP contribution in [0.2, 0.25) is 0 Å². The van der Waals surface area contributed by atoms with Crippen LogP contribution in [0, 0.1) is 5.92 Å². The van der Waals surface area contributed by atoms with Crippen LogP contribution in [-0.4, -0.2) is 24.9 Å². The minimum absolute atomic E-state index is 0.0529. The first-order chi connectivity index (χ1) is 12.3. The summed E-state index contributed by atoms with van der Waals surface area (Å²) in [5, 5.41) is 7.64. The number of nitrogens with one attached hydrogen (secondary N) is 3. The fourth-order valence-electron chi connectivity index (χ4n) is 3.10. The molecule has 2 amide bonds. The summed E-state index contributed by atoms with van der Waals surface area (Å²) in [6.07, 6.45) is 1.10. The lowest BCUT2D eigenvalue weighted by Gasteiger charge is -2.22. The maximum Gasteiger partial charge on any atom is 0.418 e. The average molecular weight is 371 g/mol. The number of carbonyl (C=O) groups excluding carboxylic acids is 2. The van der Waals surface area contributed by atoms with Gasteiger partial charge in [-0.25, -0.2) is 0 Å². The molecule has 0 spiro atoms. The summed E-state index contributed by atoms with van der Waals surface area (Å²) in [6.45, 7) is 1.54. The lowest BCUT2D eigenvalue weighted by molar-refractivity contribution is -0.137. The van der Waals surface area contributed by atoms with Gasteiger partial charge in [-0.2, -0.15) is 13.2 Å². The van der Waals surface area contributed by atoms with E-state index in [9.17, 15) is 22.8 Å². The van der Waals surface area contributed by atoms with Gasteiger partial charge in [0.05, 0.1) is 12.1 Å². The number of hydrogen-bond donors (Lipinski definition) is 3. The van der Waals surface area contributed by atoms with Gasteiger partial charge in [0.1, 0.15) is 0 Å². The normalized spacial score (nSPS) is 15.4. The zero-order chi connectivity index (χ0) is 19.2. The quantitative estimate of drug-likeness (QED) is 0.713. The van der Waals surface area contributed by atoms with E-state index in [-0.39, 0.29) is 23.8 Å². The van der Waals surface area contributed by atoms with Crippen molar-refractivity contribution in [2.75, 3.05) is 23.7 Å². The molecule has 0 atom stereocenters. The van der Waals surface area contributed by atoms with Gasteiger partial charge in [-0.05, 0) is 37.0 Å². The third-order valence-corrected chi connectivity index (χ3v) is 4.40. The van der Waals surface area contributed by atoms with Crippen LogP contribution in [0.3, 0.4) is 0 Å². The average Bonchev–Trinajstić information content (AvgIpc) is 2.58. The Morgan fingerprint density at radius 2 is 1.85 bits per heavy atom. The van der Waals surface area contributed by atoms with E-state index in [1.165, 1.54) is 25.5 Å². The molecule has 5 nitrogen and oxygen atoms in total. The summed E-state index contributed by atoms with van der Waals surface area (Å²) in [6, 6.07) is 3.42. The Balaban J connectivity index is 1.94. The lowest BCUT2D eigenvalue weighted by Crippen LogP contribution is -2.34. The van der Waals surface area contributed by atoms with Crippen LogP contribution < -0.4 is 16.0 Å². The zero-order valence-electron chi connectivity index (χ0n) is 14.7. The third kappa shape index (κ3) is 6.24. The van der Waals surface area contributed by atoms with Crippen molar-refractivity contribution in [2.45, 2.75) is 45.2 Å². The first-order valence-electron chi connectivity index (χ1n) is 8.75. The molecule has 26 heavy (non-hydrogen) atoms. The monoisotopic (exact) mass is 371 g/mol. The molecular weight excluding hydrogens is 347 g/mol. The van der Waals surface area contributed by atoms with Crippen molar-refractivity contribution in [1.29, 1.82) is 0 Å². The predicted octanol–water partition coefficient (Wildman–Crippen LogP) is 3.77. The van der Waals surface area contributed by atoms with Crippen molar-refractivity contribution in [3.63, 3.8) is 0 Å². The van der Waals surface area contributed by atoms with Gasteiger partial charge in [0.25, 0.3) is 0 Å². The van der Waals surface area contributed by atoms with E-state index in [4.69, 9.17) is 0 Å². The van der Waals surface area contributed by atoms with Crippen LogP contribution in [0.15, 0.2) is 18.2 Å². The van der Waals surface area contributed by atoms with E-state index in [0.29, 0.717) is 12.5 Å². The third-order valence-electron chi connectivity index (χ3n) is 4.40. The molecule has 0 bridgehead atoms. The van der Waals surface area contributed by atoms with Crippen molar-refractivity contribution >= 4 is 23.2 Å². The molecule has 0 unspecified atom stereocenters. The fourth-order valence-corrected chi connectivity index (χ4v) is 3.10. The Labute approximate surface area is 150 Å². The van der Waals surface area contributed by atoms with Crippen LogP contribution in [0.4, 0.5) is 24.5 Å². The molecule has 0 radical (unpaired) electrons. The number of alkyl halides is 3. The highest BCUT2D eigenvalue weighted by Gasteiger charge is 2.34. The van der Waals surface area contributed by atoms with E-state index in [1.807, 2.05) is 0 Å². The second-order valence-electron chi connectivity index (χ2n) is 6.60. The number of anilines is 2. The summed E-state index contributed by atoms with van der Waals surface area (Å²) in [7, 11) is 0. The van der Waals surface area contributed by atoms with Crippen molar-refractivity contribution in [3.8, 4) is 0 Å². The first kappa shape index (κ1) is 20.1. The lowest BCUT2D eigenvalue weighted by atomic mass is 9.89. The Bertz CT molecular complexity index is 641. The van der Waals surface area contributed by atoms with Crippen LogP contribution in [0.5, 0.6) is 0 Å². The standard InChI is InChI=1S/C18H24F3N3O2/c1-12(25)24-14-7-8-16(15(9-14)18(19,20)21)22-11-17(26)23-10-13-5-3-2-4-6-13/h7-9,13,22H,2-6,10-11H2,1H3,(H,23,26)(H,24,25). The molecule has 1 fully saturated rings. The molecule has 3 N–H and O–H groups in total. The van der Waals surface area contributed by atoms with E-state index >= 15 is 0 Å². The topological polar surface area (TPSA) is 70.2 Å². The largest absolute Gasteiger partial charge is 0.418 e. The van der Waals surface area contributed by atoms with Crippen LogP contribution in [0.25, 0.3) is 0 Å². The summed E-state index contributed by atoms with van der Waals surface area (Å²) < 4.78 is 39.7. The van der Waals surface area contributed by atoms with Gasteiger partial charge in [-0.3, -0.25) is 9.59 Å². The summed E-state index contributed by atoms with van der Waals surface area (Å²) >= 11 is 0. The summed E-state index contributed by atoms with van der Waals surface area (Å²) in [5.74, 6) is -0.342. The smallest absolute Gasteiger partial charge is 0.376 e. The van der Waals surface area contributed by atoms with Gasteiger partial charge >= 0.3 is 6.18 Å². The molecule has 144 valence electrons. The molecule has 0 saturated heterocycles. The molecule has 1 aromatic carbocycles. The predicted molar refractivity (Wildman–Crippen MR) is 93.8 cm³/mol. The molecular formula is C18H24F3N3O2. The first-order valence-corrected chi connectivity index (χ1v) is 8.75. The highest BCUT2D eigenvalue weighted by molar-refractivity contribution is 5.89. The van der Waals surface area contributed by atoms with Gasteiger partial charge in [-0.15, -0.1) is 0 Å². The Morgan fingerprint density at radius 3 is 2.46 bits per heavy atom. The molecule has 0 heterocycles. The van der Waals surface area contributed by atoms with Crippen molar-refractivity contribution < 1.29 is 22.8 Å². The fraction of sp³-hybridized carbons (Fsp3) is 0.556. The Hall–Kier alpha value is -2.25. The van der Waals surface area contributed by atoms with E-state index in [2.05, 4.69) is 16.0 Å². The molecule has 8 heteroatoms. The van der Waals surface area contributed by atoms with Crippen molar-refractivity contribution in [1.82, 2.24) is 5.32 Å². The summed E-state index contributed by atoms with van der Waals surface area (Å²) in [5.41, 5.74) is -1.07. The van der Waals surface area contributed by atoms with Crippen LogP contribution in [0.1, 0.15) is 44.6 Å². The SMILES string of the molecule is CC(=O)Nc1ccc(NCC(=O)NCC2CCCCC2)c(C(F)(F)F)c1. The number of halogens is 3. The Kier molecular flexibility index (Phi) is 6.88. The number of benzene rings is 1. The maximum atomic E-state index is 13.2. The van der Waals surface area contributed by atoms with Gasteiger partial charge in [0.2, 0.25) is 11.8 Å². The second kappa shape index (κ2) is 8.91. The molecule has 1 aromatic rings. The van der Waals surface area contributed by atoms with Gasteiger partial charge in [-0.1, -0.05) is 19.3 Å². The zero-order valence-corrected chi connectivity index (χ0v) is 14.7. The highest BCUT2D eigenvalue weighted by atomic mass is 19.4. The molecule has 0 aromatic heterocycles. The Morgan fingerprint density at radius 1 is 1.15 bits per heavy atom. The summed E-state index contributed by atoms with van der Waals surface area (Å²) in [4.78, 5) is 22.9. The number of rotatable bonds is 6. The van der Waals surface area contributed by atoms with Gasteiger partial charge in [0.15, 0.2) is 0 Å². The molecule has 1 aliphatic carbocycles. The van der Waals surface area contributed by atoms with E-state index in [1.54, 1.807) is 0 Å². The molecule has 2 rings (SSSR count). The second-order valence-corrected chi connectivity index (χ2v) is 6.60. The van der Waals surface area contributed by atoms with Crippen LogP contribution >= 0.6 is 0 Å². The molecule has 0 aliphatic heterocycles. The van der Waals surface area contributed by atoms with Crippen molar-refractivity contribution in [2.24, 2.45) is 5.92 Å². The van der Waals surface area contributed by atoms with E-state index < -0.39 is 17.6 Å². The van der Waals surface area contributed by atoms with Gasteiger partial charge in [0, 0.05) is 24.8 Å². The van der Waals surface area contributed by atoms with Gasteiger partial charge < -0.3 is 16.0 Å². The minimum Gasteiger partial charge on any atom is -0.376 e. The molecule has 1 saturated carbocycles. The minimum atomic E-state index is -4.60. The molecule has 1 aliphatic rings. The number of amides is 2.